The fourth-order valence-electron chi connectivity index (χ4n) is 3.83. The summed E-state index contributed by atoms with van der Waals surface area (Å²) in [6, 6.07) is 6.19. The number of hydrogen-bond acceptors (Lipinski definition) is 5. The summed E-state index contributed by atoms with van der Waals surface area (Å²) in [7, 11) is 0. The number of thiophene rings is 1. The summed E-state index contributed by atoms with van der Waals surface area (Å²) in [6.45, 7) is 9.11. The lowest BCUT2D eigenvalue weighted by Crippen LogP contribution is -2.49. The molecule has 6 nitrogen and oxygen atoms in total. The highest BCUT2D eigenvalue weighted by Gasteiger charge is 2.26. The van der Waals surface area contributed by atoms with Crippen LogP contribution in [0.5, 0.6) is 0 Å². The molecule has 1 aliphatic heterocycles. The molecule has 4 rings (SSSR count). The lowest BCUT2D eigenvalue weighted by Gasteiger charge is -2.35. The van der Waals surface area contributed by atoms with Gasteiger partial charge in [0, 0.05) is 24.0 Å². The van der Waals surface area contributed by atoms with Gasteiger partial charge in [0.25, 0.3) is 5.56 Å². The van der Waals surface area contributed by atoms with Crippen LogP contribution in [0, 0.1) is 13.8 Å². The van der Waals surface area contributed by atoms with E-state index in [1.54, 1.807) is 4.90 Å². The number of hydrogen-bond donors (Lipinski definition) is 0. The Balaban J connectivity index is 1.68. The average molecular weight is 412 g/mol. The molecule has 3 aromatic rings. The minimum Gasteiger partial charge on any atom is -0.372 e. The second kappa shape index (κ2) is 7.72. The summed E-state index contributed by atoms with van der Waals surface area (Å²) in [6.07, 6.45) is 1.47. The van der Waals surface area contributed by atoms with Gasteiger partial charge in [-0.05, 0) is 44.4 Å². The maximum absolute atomic E-state index is 13.2. The number of nitrogens with zero attached hydrogens (tertiary/aromatic N) is 3. The smallest absolute Gasteiger partial charge is 0.263 e. The Kier molecular flexibility index (Phi) is 5.27. The van der Waals surface area contributed by atoms with Crippen LogP contribution in [-0.2, 0) is 16.1 Å². The van der Waals surface area contributed by atoms with Gasteiger partial charge in [-0.1, -0.05) is 18.2 Å². The van der Waals surface area contributed by atoms with Crippen LogP contribution in [0.1, 0.15) is 25.0 Å². The summed E-state index contributed by atoms with van der Waals surface area (Å²) in [4.78, 5) is 32.9. The van der Waals surface area contributed by atoms with Crippen molar-refractivity contribution in [3.63, 3.8) is 0 Å². The number of amides is 1. The van der Waals surface area contributed by atoms with Crippen LogP contribution in [0.2, 0.25) is 0 Å². The first kappa shape index (κ1) is 19.8. The predicted octanol–water partition coefficient (Wildman–Crippen LogP) is 3.38. The second-order valence-corrected chi connectivity index (χ2v) is 8.72. The molecule has 7 heteroatoms. The molecule has 1 aromatic carbocycles. The molecule has 0 saturated carbocycles. The Morgan fingerprint density at radius 2 is 1.93 bits per heavy atom. The highest BCUT2D eigenvalue weighted by atomic mass is 32.1. The number of aromatic nitrogens is 2. The van der Waals surface area contributed by atoms with Gasteiger partial charge >= 0.3 is 0 Å². The van der Waals surface area contributed by atoms with E-state index in [-0.39, 0.29) is 30.2 Å². The van der Waals surface area contributed by atoms with E-state index in [0.29, 0.717) is 23.3 Å². The van der Waals surface area contributed by atoms with Crippen LogP contribution in [0.4, 0.5) is 0 Å². The number of benzene rings is 1. The second-order valence-electron chi connectivity index (χ2n) is 7.86. The molecule has 2 aromatic heterocycles. The van der Waals surface area contributed by atoms with Gasteiger partial charge in [-0.3, -0.25) is 14.2 Å². The van der Waals surface area contributed by atoms with Gasteiger partial charge in [-0.2, -0.15) is 0 Å². The van der Waals surface area contributed by atoms with Crippen molar-refractivity contribution < 1.29 is 9.53 Å². The van der Waals surface area contributed by atoms with Gasteiger partial charge in [-0.25, -0.2) is 4.98 Å². The third-order valence-corrected chi connectivity index (χ3v) is 6.34. The molecule has 152 valence electrons. The van der Waals surface area contributed by atoms with Crippen molar-refractivity contribution in [3.05, 3.63) is 51.4 Å². The third kappa shape index (κ3) is 3.84. The van der Waals surface area contributed by atoms with Crippen molar-refractivity contribution in [1.82, 2.24) is 14.5 Å². The summed E-state index contributed by atoms with van der Waals surface area (Å²) in [5.74, 6) is -0.0850. The summed E-state index contributed by atoms with van der Waals surface area (Å²) >= 11 is 1.45. The van der Waals surface area contributed by atoms with Crippen LogP contribution < -0.4 is 5.56 Å². The Morgan fingerprint density at radius 1 is 1.21 bits per heavy atom. The maximum atomic E-state index is 13.2. The number of rotatable bonds is 3. The van der Waals surface area contributed by atoms with E-state index in [0.717, 1.165) is 11.1 Å². The first-order valence-electron chi connectivity index (χ1n) is 9.81. The molecule has 0 spiro atoms. The van der Waals surface area contributed by atoms with E-state index in [1.807, 2.05) is 25.3 Å². The standard InChI is InChI=1S/C22H25N3O3S/c1-13-5-6-17(7-14(13)2)18-11-29-21-20(18)22(27)25(12-23-21)10-19(26)24-8-15(3)28-16(4)9-24/h5-7,11-12,15-16H,8-10H2,1-4H3/t15-,16-/m1/s1. The first-order chi connectivity index (χ1) is 13.8. The summed E-state index contributed by atoms with van der Waals surface area (Å²) in [5.41, 5.74) is 4.09. The van der Waals surface area contributed by atoms with Crippen LogP contribution in [-0.4, -0.2) is 45.7 Å². The molecular weight excluding hydrogens is 386 g/mol. The maximum Gasteiger partial charge on any atom is 0.263 e. The molecule has 0 N–H and O–H groups in total. The third-order valence-electron chi connectivity index (χ3n) is 5.46. The number of morpholine rings is 1. The van der Waals surface area contributed by atoms with Gasteiger partial charge in [0.15, 0.2) is 0 Å². The van der Waals surface area contributed by atoms with Crippen LogP contribution in [0.3, 0.4) is 0 Å². The molecular formula is C22H25N3O3S. The molecule has 0 aliphatic carbocycles. The normalized spacial score (nSPS) is 19.7. The van der Waals surface area contributed by atoms with Crippen molar-refractivity contribution in [2.24, 2.45) is 0 Å². The lowest BCUT2D eigenvalue weighted by molar-refractivity contribution is -0.143. The largest absolute Gasteiger partial charge is 0.372 e. The highest BCUT2D eigenvalue weighted by molar-refractivity contribution is 7.17. The minimum absolute atomic E-state index is 0.00622. The number of carbonyl (C=O) groups excluding carboxylic acids is 1. The van der Waals surface area contributed by atoms with E-state index in [1.165, 1.54) is 33.4 Å². The molecule has 2 atom stereocenters. The Bertz CT molecular complexity index is 1120. The summed E-state index contributed by atoms with van der Waals surface area (Å²) < 4.78 is 7.12. The highest BCUT2D eigenvalue weighted by Crippen LogP contribution is 2.31. The first-order valence-corrected chi connectivity index (χ1v) is 10.7. The molecule has 29 heavy (non-hydrogen) atoms. The molecule has 0 bridgehead atoms. The van der Waals surface area contributed by atoms with E-state index >= 15 is 0 Å². The van der Waals surface area contributed by atoms with Crippen molar-refractivity contribution in [3.8, 4) is 11.1 Å². The van der Waals surface area contributed by atoms with Crippen molar-refractivity contribution in [2.75, 3.05) is 13.1 Å². The monoisotopic (exact) mass is 411 g/mol. The van der Waals surface area contributed by atoms with E-state index in [4.69, 9.17) is 4.74 Å². The van der Waals surface area contributed by atoms with Crippen molar-refractivity contribution in [2.45, 2.75) is 46.4 Å². The van der Waals surface area contributed by atoms with Crippen LogP contribution >= 0.6 is 11.3 Å². The van der Waals surface area contributed by atoms with Gasteiger partial charge in [0.1, 0.15) is 11.4 Å². The number of carbonyl (C=O) groups is 1. The molecule has 1 amide bonds. The Hall–Kier alpha value is -2.51. The fourth-order valence-corrected chi connectivity index (χ4v) is 4.74. The SMILES string of the molecule is Cc1ccc(-c2csc3ncn(CC(=O)N4C[C@@H](C)O[C@H](C)C4)c(=O)c23)cc1C. The van der Waals surface area contributed by atoms with Gasteiger partial charge in [0.2, 0.25) is 5.91 Å². The van der Waals surface area contributed by atoms with Crippen molar-refractivity contribution >= 4 is 27.5 Å². The summed E-state index contributed by atoms with van der Waals surface area (Å²) in [5, 5.41) is 2.55. The van der Waals surface area contributed by atoms with Gasteiger partial charge in [0.05, 0.1) is 23.9 Å². The number of aryl methyl sites for hydroxylation is 2. The van der Waals surface area contributed by atoms with E-state index in [9.17, 15) is 9.59 Å². The molecule has 1 saturated heterocycles. The zero-order valence-corrected chi connectivity index (χ0v) is 18.0. The number of fused-ring (bicyclic) bond motifs is 1. The van der Waals surface area contributed by atoms with Gasteiger partial charge < -0.3 is 9.64 Å². The van der Waals surface area contributed by atoms with E-state index < -0.39 is 0 Å². The topological polar surface area (TPSA) is 64.4 Å². The molecule has 1 fully saturated rings. The van der Waals surface area contributed by atoms with Crippen LogP contribution in [0.15, 0.2) is 34.7 Å². The van der Waals surface area contributed by atoms with E-state index in [2.05, 4.69) is 31.0 Å². The zero-order chi connectivity index (χ0) is 20.7. The molecule has 0 unspecified atom stereocenters. The number of ether oxygens (including phenoxy) is 1. The fraction of sp³-hybridized carbons (Fsp3) is 0.409. The minimum atomic E-state index is -0.174. The predicted molar refractivity (Wildman–Crippen MR) is 115 cm³/mol. The zero-order valence-electron chi connectivity index (χ0n) is 17.1. The molecule has 3 heterocycles. The average Bonchev–Trinajstić information content (AvgIpc) is 3.10. The molecule has 0 radical (unpaired) electrons. The Morgan fingerprint density at radius 3 is 2.62 bits per heavy atom. The quantitative estimate of drug-likeness (QED) is 0.663. The van der Waals surface area contributed by atoms with Crippen LogP contribution in [0.25, 0.3) is 21.3 Å². The molecule has 1 aliphatic rings. The van der Waals surface area contributed by atoms with Crippen molar-refractivity contribution in [1.29, 1.82) is 0 Å². The lowest BCUT2D eigenvalue weighted by atomic mass is 10.0. The van der Waals surface area contributed by atoms with Gasteiger partial charge in [-0.15, -0.1) is 11.3 Å². The Labute approximate surface area is 173 Å².